The lowest BCUT2D eigenvalue weighted by Gasteiger charge is -2.26. The lowest BCUT2D eigenvalue weighted by Crippen LogP contribution is -2.42. The predicted molar refractivity (Wildman–Crippen MR) is 91.5 cm³/mol. The summed E-state index contributed by atoms with van der Waals surface area (Å²) in [5.74, 6) is 0.915. The van der Waals surface area contributed by atoms with E-state index in [0.29, 0.717) is 6.54 Å². The summed E-state index contributed by atoms with van der Waals surface area (Å²) in [5.41, 5.74) is 0. The van der Waals surface area contributed by atoms with Crippen LogP contribution in [0.1, 0.15) is 42.5 Å². The fraction of sp³-hybridized carbons (Fsp3) is 0.471. The minimum atomic E-state index is -0.137. The number of amides is 2. The van der Waals surface area contributed by atoms with Crippen molar-refractivity contribution in [2.75, 3.05) is 19.6 Å². The molecule has 0 spiro atoms. The quantitative estimate of drug-likeness (QED) is 0.850. The molecular weight excluding hydrogens is 310 g/mol. The molecule has 2 aromatic heterocycles. The van der Waals surface area contributed by atoms with Crippen molar-refractivity contribution in [3.8, 4) is 0 Å². The van der Waals surface area contributed by atoms with Gasteiger partial charge in [-0.05, 0) is 56.4 Å². The standard InChI is InChI=1S/C17H23N3O2S/c1-13(16-7-5-11-23-16)19-17(21)18-12-14(15-6-4-10-22-15)20-8-2-3-9-20/h4-7,10-11,13-14H,2-3,8-9,12H2,1H3,(H2,18,19,21)/t13-,14+/m1/s1. The topological polar surface area (TPSA) is 57.5 Å². The number of carbonyl (C=O) groups excluding carboxylic acids is 1. The number of hydrogen-bond acceptors (Lipinski definition) is 4. The Balaban J connectivity index is 1.55. The van der Waals surface area contributed by atoms with Gasteiger partial charge < -0.3 is 15.1 Å². The fourth-order valence-corrected chi connectivity index (χ4v) is 3.72. The second kappa shape index (κ2) is 7.66. The van der Waals surface area contributed by atoms with Crippen LogP contribution in [-0.4, -0.2) is 30.6 Å². The fourth-order valence-electron chi connectivity index (χ4n) is 2.99. The highest BCUT2D eigenvalue weighted by atomic mass is 32.1. The summed E-state index contributed by atoms with van der Waals surface area (Å²) >= 11 is 1.65. The van der Waals surface area contributed by atoms with Gasteiger partial charge in [-0.3, -0.25) is 4.90 Å². The molecule has 0 radical (unpaired) electrons. The van der Waals surface area contributed by atoms with Crippen LogP contribution < -0.4 is 10.6 Å². The normalized spacial score (nSPS) is 17.8. The second-order valence-corrected chi connectivity index (χ2v) is 6.85. The van der Waals surface area contributed by atoms with Crippen LogP contribution in [0.4, 0.5) is 4.79 Å². The minimum Gasteiger partial charge on any atom is -0.468 e. The van der Waals surface area contributed by atoms with Gasteiger partial charge in [0.05, 0.1) is 18.3 Å². The maximum atomic E-state index is 12.2. The number of carbonyl (C=O) groups is 1. The highest BCUT2D eigenvalue weighted by Gasteiger charge is 2.26. The van der Waals surface area contributed by atoms with E-state index in [1.54, 1.807) is 17.6 Å². The van der Waals surface area contributed by atoms with Crippen LogP contribution in [0.25, 0.3) is 0 Å². The van der Waals surface area contributed by atoms with E-state index in [-0.39, 0.29) is 18.1 Å². The maximum Gasteiger partial charge on any atom is 0.315 e. The van der Waals surface area contributed by atoms with E-state index in [2.05, 4.69) is 15.5 Å². The molecule has 2 aromatic rings. The first kappa shape index (κ1) is 16.1. The molecule has 0 bridgehead atoms. The smallest absolute Gasteiger partial charge is 0.315 e. The Hall–Kier alpha value is -1.79. The number of nitrogens with zero attached hydrogens (tertiary/aromatic N) is 1. The molecule has 124 valence electrons. The second-order valence-electron chi connectivity index (χ2n) is 5.87. The molecule has 1 aliphatic heterocycles. The molecule has 0 unspecified atom stereocenters. The maximum absolute atomic E-state index is 12.2. The minimum absolute atomic E-state index is 0.0175. The number of nitrogens with one attached hydrogen (secondary N) is 2. The first-order chi connectivity index (χ1) is 11.2. The van der Waals surface area contributed by atoms with Crippen LogP contribution in [0.3, 0.4) is 0 Å². The average Bonchev–Trinajstić information content (AvgIpc) is 3.30. The van der Waals surface area contributed by atoms with Crippen molar-refractivity contribution in [3.63, 3.8) is 0 Å². The summed E-state index contributed by atoms with van der Waals surface area (Å²) in [5, 5.41) is 8.00. The lowest BCUT2D eigenvalue weighted by atomic mass is 10.2. The highest BCUT2D eigenvalue weighted by Crippen LogP contribution is 2.25. The molecule has 0 aromatic carbocycles. The zero-order valence-corrected chi connectivity index (χ0v) is 14.1. The molecule has 2 N–H and O–H groups in total. The number of urea groups is 1. The Kier molecular flexibility index (Phi) is 5.35. The van der Waals surface area contributed by atoms with Gasteiger partial charge in [-0.2, -0.15) is 0 Å². The molecule has 5 nitrogen and oxygen atoms in total. The highest BCUT2D eigenvalue weighted by molar-refractivity contribution is 7.10. The van der Waals surface area contributed by atoms with Crippen LogP contribution in [0, 0.1) is 0 Å². The van der Waals surface area contributed by atoms with E-state index < -0.39 is 0 Å². The third kappa shape index (κ3) is 4.14. The van der Waals surface area contributed by atoms with Crippen molar-refractivity contribution in [1.82, 2.24) is 15.5 Å². The van der Waals surface area contributed by atoms with Gasteiger partial charge in [0, 0.05) is 11.4 Å². The molecular formula is C17H23N3O2S. The van der Waals surface area contributed by atoms with Crippen LogP contribution in [0.2, 0.25) is 0 Å². The zero-order valence-electron chi connectivity index (χ0n) is 13.3. The van der Waals surface area contributed by atoms with Gasteiger partial charge in [-0.15, -0.1) is 11.3 Å². The molecule has 23 heavy (non-hydrogen) atoms. The summed E-state index contributed by atoms with van der Waals surface area (Å²) in [6.07, 6.45) is 4.11. The average molecular weight is 333 g/mol. The van der Waals surface area contributed by atoms with Crippen molar-refractivity contribution < 1.29 is 9.21 Å². The number of thiophene rings is 1. The number of rotatable bonds is 6. The van der Waals surface area contributed by atoms with E-state index in [0.717, 1.165) is 23.7 Å². The number of hydrogen-bond donors (Lipinski definition) is 2. The molecule has 2 atom stereocenters. The Bertz CT molecular complexity index is 591. The van der Waals surface area contributed by atoms with E-state index >= 15 is 0 Å². The van der Waals surface area contributed by atoms with Gasteiger partial charge in [0.1, 0.15) is 5.76 Å². The van der Waals surface area contributed by atoms with Crippen molar-refractivity contribution in [2.45, 2.75) is 31.8 Å². The number of furan rings is 1. The monoisotopic (exact) mass is 333 g/mol. The van der Waals surface area contributed by atoms with Crippen molar-refractivity contribution in [2.24, 2.45) is 0 Å². The van der Waals surface area contributed by atoms with Crippen LogP contribution in [0.5, 0.6) is 0 Å². The molecule has 6 heteroatoms. The Morgan fingerprint density at radius 2 is 2.17 bits per heavy atom. The van der Waals surface area contributed by atoms with Crippen LogP contribution in [-0.2, 0) is 0 Å². The van der Waals surface area contributed by atoms with E-state index in [4.69, 9.17) is 4.42 Å². The van der Waals surface area contributed by atoms with Gasteiger partial charge in [0.25, 0.3) is 0 Å². The van der Waals surface area contributed by atoms with Gasteiger partial charge in [-0.25, -0.2) is 4.79 Å². The SMILES string of the molecule is C[C@@H](NC(=O)NC[C@@H](c1ccco1)N1CCCC1)c1cccs1. The largest absolute Gasteiger partial charge is 0.468 e. The molecule has 2 amide bonds. The van der Waals surface area contributed by atoms with Crippen molar-refractivity contribution in [1.29, 1.82) is 0 Å². The third-order valence-corrected chi connectivity index (χ3v) is 5.28. The van der Waals surface area contributed by atoms with Crippen LogP contribution >= 0.6 is 11.3 Å². The Morgan fingerprint density at radius 1 is 1.35 bits per heavy atom. The molecule has 1 aliphatic rings. The van der Waals surface area contributed by atoms with Gasteiger partial charge in [0.2, 0.25) is 0 Å². The molecule has 1 saturated heterocycles. The summed E-state index contributed by atoms with van der Waals surface area (Å²) < 4.78 is 5.57. The summed E-state index contributed by atoms with van der Waals surface area (Å²) in [6, 6.07) is 7.90. The third-order valence-electron chi connectivity index (χ3n) is 4.23. The Labute approximate surface area is 140 Å². The summed E-state index contributed by atoms with van der Waals surface area (Å²) in [4.78, 5) is 15.7. The first-order valence-corrected chi connectivity index (χ1v) is 8.97. The van der Waals surface area contributed by atoms with E-state index in [1.807, 2.05) is 36.6 Å². The zero-order chi connectivity index (χ0) is 16.1. The van der Waals surface area contributed by atoms with Crippen molar-refractivity contribution in [3.05, 3.63) is 46.5 Å². The van der Waals surface area contributed by atoms with Crippen LogP contribution in [0.15, 0.2) is 40.3 Å². The molecule has 0 aliphatic carbocycles. The molecule has 3 rings (SSSR count). The lowest BCUT2D eigenvalue weighted by molar-refractivity contribution is 0.202. The predicted octanol–water partition coefficient (Wildman–Crippen LogP) is 3.54. The molecule has 1 fully saturated rings. The molecule has 3 heterocycles. The van der Waals surface area contributed by atoms with E-state index in [9.17, 15) is 4.79 Å². The van der Waals surface area contributed by atoms with Gasteiger partial charge in [0.15, 0.2) is 0 Å². The first-order valence-electron chi connectivity index (χ1n) is 8.09. The Morgan fingerprint density at radius 3 is 2.83 bits per heavy atom. The summed E-state index contributed by atoms with van der Waals surface area (Å²) in [7, 11) is 0. The van der Waals surface area contributed by atoms with Gasteiger partial charge >= 0.3 is 6.03 Å². The van der Waals surface area contributed by atoms with E-state index in [1.165, 1.54) is 12.8 Å². The summed E-state index contributed by atoms with van der Waals surface area (Å²) in [6.45, 7) is 4.66. The van der Waals surface area contributed by atoms with Crippen molar-refractivity contribution >= 4 is 17.4 Å². The molecule has 0 saturated carbocycles. The number of likely N-dealkylation sites (tertiary alicyclic amines) is 1. The van der Waals surface area contributed by atoms with Gasteiger partial charge in [-0.1, -0.05) is 6.07 Å².